The van der Waals surface area contributed by atoms with E-state index < -0.39 is 50.0 Å². The van der Waals surface area contributed by atoms with Crippen LogP contribution in [0, 0.1) is 29.1 Å². The summed E-state index contributed by atoms with van der Waals surface area (Å²) < 4.78 is 98.6. The van der Waals surface area contributed by atoms with E-state index in [1.807, 2.05) is 24.3 Å². The summed E-state index contributed by atoms with van der Waals surface area (Å²) in [7, 11) is -5.08. The van der Waals surface area contributed by atoms with Gasteiger partial charge in [0.25, 0.3) is 0 Å². The van der Waals surface area contributed by atoms with E-state index in [1.165, 1.54) is 22.6 Å². The second-order valence-electron chi connectivity index (χ2n) is 10.6. The van der Waals surface area contributed by atoms with Crippen LogP contribution in [-0.2, 0) is 23.1 Å². The average Bonchev–Trinajstić information content (AvgIpc) is 3.75. The fourth-order valence-corrected chi connectivity index (χ4v) is 6.94. The number of anilines is 1. The van der Waals surface area contributed by atoms with Gasteiger partial charge in [-0.2, -0.15) is 9.40 Å². The molecule has 6 rings (SSSR count). The lowest BCUT2D eigenvalue weighted by Gasteiger charge is -2.36. The zero-order valence-electron chi connectivity index (χ0n) is 22.8. The van der Waals surface area contributed by atoms with Crippen molar-refractivity contribution < 1.29 is 30.4 Å². The highest BCUT2D eigenvalue weighted by molar-refractivity contribution is 7.89. The summed E-state index contributed by atoms with van der Waals surface area (Å²) in [6, 6.07) is 13.3. The molecule has 0 bridgehead atoms. The highest BCUT2D eigenvalue weighted by Crippen LogP contribution is 2.36. The normalized spacial score (nSPS) is 16.3. The third-order valence-corrected chi connectivity index (χ3v) is 9.54. The van der Waals surface area contributed by atoms with Gasteiger partial charge in [0.15, 0.2) is 34.0 Å². The van der Waals surface area contributed by atoms with E-state index >= 15 is 0 Å². The Morgan fingerprint density at radius 2 is 1.44 bits per heavy atom. The molecule has 8 nitrogen and oxygen atoms in total. The number of sulfonamides is 1. The van der Waals surface area contributed by atoms with Crippen molar-refractivity contribution in [1.29, 1.82) is 0 Å². The van der Waals surface area contributed by atoms with E-state index in [9.17, 15) is 30.4 Å². The van der Waals surface area contributed by atoms with Crippen molar-refractivity contribution in [3.05, 3.63) is 101 Å². The van der Waals surface area contributed by atoms with Gasteiger partial charge in [0.2, 0.25) is 15.8 Å². The molecule has 0 spiro atoms. The van der Waals surface area contributed by atoms with Crippen molar-refractivity contribution in [2.24, 2.45) is 0 Å². The van der Waals surface area contributed by atoms with Gasteiger partial charge in [-0.25, -0.2) is 40.0 Å². The van der Waals surface area contributed by atoms with Crippen molar-refractivity contribution in [3.8, 4) is 5.82 Å². The molecule has 226 valence electrons. The molecule has 3 heterocycles. The Hall–Kier alpha value is -3.88. The Bertz CT molecular complexity index is 1700. The largest absolute Gasteiger partial charge is 0.368 e. The number of hydrogen-bond donors (Lipinski definition) is 0. The number of benzene rings is 2. The van der Waals surface area contributed by atoms with E-state index in [0.29, 0.717) is 24.2 Å². The second kappa shape index (κ2) is 11.7. The smallest absolute Gasteiger partial charge is 0.249 e. The SMILES string of the molecule is O=S(=O)(c1c(F)c(F)c(F)c(F)c1F)N(Cc1cnn(-c2ccc(N3CCN(Cc4ccccc4)CC3)cn2)c1)C1CC1. The predicted molar refractivity (Wildman–Crippen MR) is 147 cm³/mol. The van der Waals surface area contributed by atoms with Crippen molar-refractivity contribution >= 4 is 15.7 Å². The van der Waals surface area contributed by atoms with Gasteiger partial charge in [0.1, 0.15) is 0 Å². The first-order chi connectivity index (χ1) is 20.6. The zero-order valence-corrected chi connectivity index (χ0v) is 23.6. The van der Waals surface area contributed by atoms with Gasteiger partial charge in [-0.15, -0.1) is 0 Å². The molecule has 0 atom stereocenters. The summed E-state index contributed by atoms with van der Waals surface area (Å²) in [4.78, 5) is 7.27. The van der Waals surface area contributed by atoms with Crippen LogP contribution >= 0.6 is 0 Å². The van der Waals surface area contributed by atoms with Crippen LogP contribution in [0.1, 0.15) is 24.0 Å². The summed E-state index contributed by atoms with van der Waals surface area (Å²) in [5.41, 5.74) is 2.57. The molecule has 0 amide bonds. The molecule has 2 fully saturated rings. The Balaban J connectivity index is 1.14. The molecule has 2 aliphatic rings. The minimum Gasteiger partial charge on any atom is -0.368 e. The van der Waals surface area contributed by atoms with E-state index in [-0.39, 0.29) is 6.54 Å². The van der Waals surface area contributed by atoms with E-state index in [2.05, 4.69) is 32.0 Å². The highest BCUT2D eigenvalue weighted by Gasteiger charge is 2.43. The topological polar surface area (TPSA) is 74.6 Å². The van der Waals surface area contributed by atoms with E-state index in [0.717, 1.165) is 42.7 Å². The monoisotopic (exact) mass is 618 g/mol. The number of hydrogen-bond acceptors (Lipinski definition) is 6. The highest BCUT2D eigenvalue weighted by atomic mass is 32.2. The van der Waals surface area contributed by atoms with Crippen LogP contribution < -0.4 is 4.90 Å². The zero-order chi connectivity index (χ0) is 30.3. The summed E-state index contributed by atoms with van der Waals surface area (Å²) >= 11 is 0. The first-order valence-corrected chi connectivity index (χ1v) is 15.1. The summed E-state index contributed by atoms with van der Waals surface area (Å²) in [5.74, 6) is -11.4. The summed E-state index contributed by atoms with van der Waals surface area (Å²) in [6.45, 7) is 4.02. The molecule has 2 aromatic carbocycles. The number of piperazine rings is 1. The molecular weight excluding hydrogens is 591 g/mol. The molecule has 2 aromatic heterocycles. The molecule has 0 N–H and O–H groups in total. The maximum absolute atomic E-state index is 14.4. The molecule has 1 aliphatic carbocycles. The van der Waals surface area contributed by atoms with E-state index in [4.69, 9.17) is 0 Å². The van der Waals surface area contributed by atoms with Gasteiger partial charge in [-0.05, 0) is 30.5 Å². The maximum atomic E-state index is 14.4. The van der Waals surface area contributed by atoms with Crippen LogP contribution in [0.5, 0.6) is 0 Å². The summed E-state index contributed by atoms with van der Waals surface area (Å²) in [5, 5.41) is 4.24. The molecule has 1 aliphatic heterocycles. The number of halogens is 5. The molecule has 43 heavy (non-hydrogen) atoms. The Kier molecular flexibility index (Phi) is 7.92. The quantitative estimate of drug-likeness (QED) is 0.155. The number of nitrogens with zero attached hydrogens (tertiary/aromatic N) is 6. The van der Waals surface area contributed by atoms with Gasteiger partial charge < -0.3 is 4.90 Å². The molecule has 1 saturated carbocycles. The van der Waals surface area contributed by atoms with Gasteiger partial charge in [-0.1, -0.05) is 30.3 Å². The van der Waals surface area contributed by atoms with Crippen molar-refractivity contribution in [1.82, 2.24) is 24.0 Å². The lowest BCUT2D eigenvalue weighted by atomic mass is 10.2. The average molecular weight is 619 g/mol. The van der Waals surface area contributed by atoms with Crippen LogP contribution in [0.3, 0.4) is 0 Å². The van der Waals surface area contributed by atoms with Crippen molar-refractivity contribution in [2.45, 2.75) is 36.9 Å². The van der Waals surface area contributed by atoms with Crippen LogP contribution in [-0.4, -0.2) is 64.6 Å². The first-order valence-electron chi connectivity index (χ1n) is 13.7. The molecule has 0 unspecified atom stereocenters. The molecular formula is C29H27F5N6O2S. The van der Waals surface area contributed by atoms with Crippen molar-refractivity contribution in [3.63, 3.8) is 0 Å². The Morgan fingerprint density at radius 3 is 2.05 bits per heavy atom. The number of pyridine rings is 1. The van der Waals surface area contributed by atoms with E-state index in [1.54, 1.807) is 12.3 Å². The fourth-order valence-electron chi connectivity index (χ4n) is 5.15. The minimum absolute atomic E-state index is 0.347. The van der Waals surface area contributed by atoms with Crippen LogP contribution in [0.25, 0.3) is 5.82 Å². The molecule has 14 heteroatoms. The number of aromatic nitrogens is 3. The Morgan fingerprint density at radius 1 is 0.791 bits per heavy atom. The lowest BCUT2D eigenvalue weighted by molar-refractivity contribution is 0.250. The van der Waals surface area contributed by atoms with Gasteiger partial charge >= 0.3 is 0 Å². The van der Waals surface area contributed by atoms with Gasteiger partial charge in [0.05, 0.1) is 18.1 Å². The second-order valence-corrected chi connectivity index (χ2v) is 12.4. The third kappa shape index (κ3) is 5.86. The standard InChI is InChI=1S/C29H27F5N6O2S/c30-24-25(31)27(33)29(28(34)26(24)32)43(41,42)40(21-6-7-21)18-20-14-36-39(17-20)23-9-8-22(15-35-23)38-12-10-37(11-13-38)16-19-4-2-1-3-5-19/h1-5,8-9,14-15,17,21H,6-7,10-13,16,18H2. The molecule has 1 saturated heterocycles. The lowest BCUT2D eigenvalue weighted by Crippen LogP contribution is -2.46. The molecule has 0 radical (unpaired) electrons. The summed E-state index contributed by atoms with van der Waals surface area (Å²) in [6.07, 6.45) is 5.37. The molecule has 4 aromatic rings. The van der Waals surface area contributed by atoms with Gasteiger partial charge in [0, 0.05) is 57.1 Å². The minimum atomic E-state index is -5.08. The van der Waals surface area contributed by atoms with Gasteiger partial charge in [-0.3, -0.25) is 4.90 Å². The predicted octanol–water partition coefficient (Wildman–Crippen LogP) is 4.64. The Labute approximate surface area is 245 Å². The maximum Gasteiger partial charge on any atom is 0.249 e. The third-order valence-electron chi connectivity index (χ3n) is 7.62. The van der Waals surface area contributed by atoms with Crippen molar-refractivity contribution in [2.75, 3.05) is 31.1 Å². The van der Waals surface area contributed by atoms with Crippen LogP contribution in [0.4, 0.5) is 27.6 Å². The first kappa shape index (κ1) is 29.2. The van der Waals surface area contributed by atoms with Crippen LogP contribution in [0.2, 0.25) is 0 Å². The number of rotatable bonds is 9. The fraction of sp³-hybridized carbons (Fsp3) is 0.310. The van der Waals surface area contributed by atoms with Crippen LogP contribution in [0.15, 0.2) is 66.0 Å².